The minimum absolute atomic E-state index is 0.0536. The van der Waals surface area contributed by atoms with Crippen LogP contribution < -0.4 is 4.74 Å². The van der Waals surface area contributed by atoms with E-state index in [-0.39, 0.29) is 6.61 Å². The van der Waals surface area contributed by atoms with E-state index in [4.69, 9.17) is 4.74 Å². The molecule has 0 amide bonds. The van der Waals surface area contributed by atoms with Crippen LogP contribution in [0.15, 0.2) is 78.9 Å². The Morgan fingerprint density at radius 2 is 1.36 bits per heavy atom. The van der Waals surface area contributed by atoms with E-state index < -0.39 is 0 Å². The Labute approximate surface area is 130 Å². The van der Waals surface area contributed by atoms with E-state index in [1.54, 1.807) is 0 Å². The molecule has 2 nitrogen and oxygen atoms in total. The van der Waals surface area contributed by atoms with Crippen molar-refractivity contribution in [1.82, 2.24) is 0 Å². The SMILES string of the molecule is OCc1cccc(-c2cccc(OCc3ccccc3)c2)c1. The molecule has 0 saturated heterocycles. The number of rotatable bonds is 5. The van der Waals surface area contributed by atoms with Gasteiger partial charge in [0.25, 0.3) is 0 Å². The summed E-state index contributed by atoms with van der Waals surface area (Å²) in [6.45, 7) is 0.610. The summed E-state index contributed by atoms with van der Waals surface area (Å²) in [5.41, 5.74) is 4.22. The lowest BCUT2D eigenvalue weighted by atomic mass is 10.0. The fourth-order valence-corrected chi connectivity index (χ4v) is 2.36. The quantitative estimate of drug-likeness (QED) is 0.753. The Kier molecular flexibility index (Phi) is 4.52. The average Bonchev–Trinajstić information content (AvgIpc) is 2.61. The average molecular weight is 290 g/mol. The summed E-state index contributed by atoms with van der Waals surface area (Å²) in [6.07, 6.45) is 0. The van der Waals surface area contributed by atoms with Crippen LogP contribution in [-0.2, 0) is 13.2 Å². The van der Waals surface area contributed by atoms with Crippen molar-refractivity contribution in [3.05, 3.63) is 90.0 Å². The maximum atomic E-state index is 9.25. The predicted octanol–water partition coefficient (Wildman–Crippen LogP) is 4.42. The summed E-state index contributed by atoms with van der Waals surface area (Å²) in [7, 11) is 0. The van der Waals surface area contributed by atoms with Crippen molar-refractivity contribution < 1.29 is 9.84 Å². The molecule has 110 valence electrons. The second kappa shape index (κ2) is 6.92. The minimum Gasteiger partial charge on any atom is -0.489 e. The molecular weight excluding hydrogens is 272 g/mol. The first-order chi connectivity index (χ1) is 10.8. The van der Waals surface area contributed by atoms with Crippen LogP contribution in [0.2, 0.25) is 0 Å². The third kappa shape index (κ3) is 3.54. The van der Waals surface area contributed by atoms with Gasteiger partial charge in [-0.05, 0) is 40.5 Å². The van der Waals surface area contributed by atoms with Crippen LogP contribution in [0.1, 0.15) is 11.1 Å². The number of ether oxygens (including phenoxy) is 1. The highest BCUT2D eigenvalue weighted by Gasteiger charge is 2.02. The molecule has 0 fully saturated rings. The summed E-state index contributed by atoms with van der Waals surface area (Å²) in [5.74, 6) is 0.843. The van der Waals surface area contributed by atoms with E-state index in [9.17, 15) is 5.11 Å². The summed E-state index contributed by atoms with van der Waals surface area (Å²) in [5, 5.41) is 9.25. The second-order valence-electron chi connectivity index (χ2n) is 5.16. The molecule has 0 heterocycles. The van der Waals surface area contributed by atoms with Crippen LogP contribution >= 0.6 is 0 Å². The number of hydrogen-bond acceptors (Lipinski definition) is 2. The van der Waals surface area contributed by atoms with Crippen LogP contribution in [0, 0.1) is 0 Å². The zero-order chi connectivity index (χ0) is 15.2. The topological polar surface area (TPSA) is 29.5 Å². The molecule has 3 rings (SSSR count). The van der Waals surface area contributed by atoms with Crippen molar-refractivity contribution in [3.8, 4) is 16.9 Å². The van der Waals surface area contributed by atoms with Crippen molar-refractivity contribution in [2.24, 2.45) is 0 Å². The maximum absolute atomic E-state index is 9.25. The van der Waals surface area contributed by atoms with Gasteiger partial charge in [0.05, 0.1) is 6.61 Å². The first kappa shape index (κ1) is 14.4. The molecule has 2 heteroatoms. The van der Waals surface area contributed by atoms with Crippen LogP contribution in [0.3, 0.4) is 0 Å². The van der Waals surface area contributed by atoms with Gasteiger partial charge >= 0.3 is 0 Å². The van der Waals surface area contributed by atoms with E-state index >= 15 is 0 Å². The maximum Gasteiger partial charge on any atom is 0.120 e. The lowest BCUT2D eigenvalue weighted by Gasteiger charge is -2.09. The smallest absolute Gasteiger partial charge is 0.120 e. The minimum atomic E-state index is 0.0536. The van der Waals surface area contributed by atoms with Gasteiger partial charge in [-0.2, -0.15) is 0 Å². The van der Waals surface area contributed by atoms with Crippen LogP contribution in [-0.4, -0.2) is 5.11 Å². The lowest BCUT2D eigenvalue weighted by Crippen LogP contribution is -1.95. The van der Waals surface area contributed by atoms with E-state index in [0.717, 1.165) is 28.0 Å². The van der Waals surface area contributed by atoms with Gasteiger partial charge < -0.3 is 9.84 Å². The van der Waals surface area contributed by atoms with E-state index in [1.165, 1.54) is 0 Å². The van der Waals surface area contributed by atoms with Crippen molar-refractivity contribution in [3.63, 3.8) is 0 Å². The summed E-state index contributed by atoms with van der Waals surface area (Å²) in [6, 6.07) is 26.0. The summed E-state index contributed by atoms with van der Waals surface area (Å²) in [4.78, 5) is 0. The highest BCUT2D eigenvalue weighted by Crippen LogP contribution is 2.25. The molecule has 0 atom stereocenters. The molecule has 0 unspecified atom stereocenters. The molecule has 3 aromatic rings. The fourth-order valence-electron chi connectivity index (χ4n) is 2.36. The molecule has 0 bridgehead atoms. The molecule has 0 aromatic heterocycles. The van der Waals surface area contributed by atoms with Gasteiger partial charge in [-0.3, -0.25) is 0 Å². The zero-order valence-corrected chi connectivity index (χ0v) is 12.3. The molecule has 3 aromatic carbocycles. The number of aliphatic hydroxyl groups is 1. The van der Waals surface area contributed by atoms with E-state index in [0.29, 0.717) is 6.61 Å². The third-order valence-corrected chi connectivity index (χ3v) is 3.53. The predicted molar refractivity (Wildman–Crippen MR) is 88.6 cm³/mol. The largest absolute Gasteiger partial charge is 0.489 e. The molecule has 0 aliphatic carbocycles. The monoisotopic (exact) mass is 290 g/mol. The van der Waals surface area contributed by atoms with Gasteiger partial charge in [0.2, 0.25) is 0 Å². The van der Waals surface area contributed by atoms with Gasteiger partial charge in [-0.1, -0.05) is 60.7 Å². The van der Waals surface area contributed by atoms with Crippen molar-refractivity contribution in [2.45, 2.75) is 13.2 Å². The van der Waals surface area contributed by atoms with Gasteiger partial charge in [0.1, 0.15) is 12.4 Å². The Hall–Kier alpha value is -2.58. The lowest BCUT2D eigenvalue weighted by molar-refractivity contribution is 0.282. The summed E-state index contributed by atoms with van der Waals surface area (Å²) >= 11 is 0. The highest BCUT2D eigenvalue weighted by molar-refractivity contribution is 5.65. The Bertz CT molecular complexity index is 735. The highest BCUT2D eigenvalue weighted by atomic mass is 16.5. The van der Waals surface area contributed by atoms with Crippen molar-refractivity contribution >= 4 is 0 Å². The van der Waals surface area contributed by atoms with Gasteiger partial charge in [0, 0.05) is 0 Å². The normalized spacial score (nSPS) is 10.4. The Morgan fingerprint density at radius 1 is 0.682 bits per heavy atom. The Morgan fingerprint density at radius 3 is 2.14 bits per heavy atom. The first-order valence-corrected chi connectivity index (χ1v) is 7.32. The van der Waals surface area contributed by atoms with E-state index in [1.807, 2.05) is 66.7 Å². The van der Waals surface area contributed by atoms with E-state index in [2.05, 4.69) is 12.1 Å². The van der Waals surface area contributed by atoms with Crippen LogP contribution in [0.5, 0.6) is 5.75 Å². The number of hydrogen-bond donors (Lipinski definition) is 1. The second-order valence-corrected chi connectivity index (χ2v) is 5.16. The van der Waals surface area contributed by atoms with Crippen LogP contribution in [0.25, 0.3) is 11.1 Å². The summed E-state index contributed by atoms with van der Waals surface area (Å²) < 4.78 is 5.86. The zero-order valence-electron chi connectivity index (χ0n) is 12.3. The molecule has 0 spiro atoms. The standard InChI is InChI=1S/C20H18O2/c21-14-17-8-4-9-18(12-17)19-10-5-11-20(13-19)22-15-16-6-2-1-3-7-16/h1-13,21H,14-15H2. The molecule has 0 saturated carbocycles. The van der Waals surface area contributed by atoms with Crippen LogP contribution in [0.4, 0.5) is 0 Å². The molecule has 1 N–H and O–H groups in total. The fraction of sp³-hybridized carbons (Fsp3) is 0.100. The molecule has 0 aliphatic heterocycles. The molecule has 22 heavy (non-hydrogen) atoms. The number of aliphatic hydroxyl groups excluding tert-OH is 1. The molecule has 0 radical (unpaired) electrons. The first-order valence-electron chi connectivity index (χ1n) is 7.32. The van der Waals surface area contributed by atoms with Gasteiger partial charge in [-0.25, -0.2) is 0 Å². The molecular formula is C20H18O2. The van der Waals surface area contributed by atoms with Crippen molar-refractivity contribution in [1.29, 1.82) is 0 Å². The Balaban J connectivity index is 1.77. The number of benzene rings is 3. The third-order valence-electron chi connectivity index (χ3n) is 3.53. The van der Waals surface area contributed by atoms with Crippen molar-refractivity contribution in [2.75, 3.05) is 0 Å². The molecule has 0 aliphatic rings. The van der Waals surface area contributed by atoms with Gasteiger partial charge in [0.15, 0.2) is 0 Å². The van der Waals surface area contributed by atoms with Gasteiger partial charge in [-0.15, -0.1) is 0 Å².